The molecule has 0 saturated carbocycles. The highest BCUT2D eigenvalue weighted by Crippen LogP contribution is 2.26. The van der Waals surface area contributed by atoms with Crippen molar-refractivity contribution in [3.8, 4) is 0 Å². The van der Waals surface area contributed by atoms with Gasteiger partial charge in [-0.3, -0.25) is 4.68 Å². The fourth-order valence-corrected chi connectivity index (χ4v) is 2.14. The largest absolute Gasteiger partial charge is 0.385 e. The molecule has 0 bridgehead atoms. The molecule has 1 unspecified atom stereocenters. The molecule has 1 atom stereocenters. The SMILES string of the molecule is Cc1cccc(C(C)(O)CCc2ccnn2C)c1. The monoisotopic (exact) mass is 244 g/mol. The van der Waals surface area contributed by atoms with Gasteiger partial charge in [-0.25, -0.2) is 0 Å². The Morgan fingerprint density at radius 2 is 2.11 bits per heavy atom. The molecule has 0 aliphatic rings. The summed E-state index contributed by atoms with van der Waals surface area (Å²) in [6, 6.07) is 10.1. The average Bonchev–Trinajstić information content (AvgIpc) is 2.72. The number of hydrogen-bond donors (Lipinski definition) is 1. The van der Waals surface area contributed by atoms with Crippen molar-refractivity contribution in [3.05, 3.63) is 53.3 Å². The van der Waals surface area contributed by atoms with Crippen LogP contribution in [0.3, 0.4) is 0 Å². The van der Waals surface area contributed by atoms with Crippen LogP contribution in [0.25, 0.3) is 0 Å². The van der Waals surface area contributed by atoms with Gasteiger partial charge in [0.25, 0.3) is 0 Å². The lowest BCUT2D eigenvalue weighted by Gasteiger charge is -2.24. The minimum absolute atomic E-state index is 0.690. The third-order valence-electron chi connectivity index (χ3n) is 3.43. The van der Waals surface area contributed by atoms with E-state index in [0.717, 1.165) is 17.7 Å². The zero-order valence-corrected chi connectivity index (χ0v) is 11.2. The number of nitrogens with zero attached hydrogens (tertiary/aromatic N) is 2. The molecule has 0 amide bonds. The lowest BCUT2D eigenvalue weighted by atomic mass is 9.89. The Kier molecular flexibility index (Phi) is 3.53. The van der Waals surface area contributed by atoms with Crippen molar-refractivity contribution in [2.75, 3.05) is 0 Å². The Morgan fingerprint density at radius 3 is 2.72 bits per heavy atom. The number of rotatable bonds is 4. The van der Waals surface area contributed by atoms with Crippen LogP contribution in [-0.4, -0.2) is 14.9 Å². The first-order chi connectivity index (χ1) is 8.49. The first kappa shape index (κ1) is 12.8. The highest BCUT2D eigenvalue weighted by molar-refractivity contribution is 5.27. The van der Waals surface area contributed by atoms with Crippen LogP contribution in [0.2, 0.25) is 0 Å². The van der Waals surface area contributed by atoms with E-state index in [9.17, 15) is 5.11 Å². The average molecular weight is 244 g/mol. The second-order valence-corrected chi connectivity index (χ2v) is 5.09. The van der Waals surface area contributed by atoms with E-state index >= 15 is 0 Å². The number of aromatic nitrogens is 2. The van der Waals surface area contributed by atoms with E-state index in [1.807, 2.05) is 55.9 Å². The van der Waals surface area contributed by atoms with E-state index in [4.69, 9.17) is 0 Å². The summed E-state index contributed by atoms with van der Waals surface area (Å²) < 4.78 is 1.85. The van der Waals surface area contributed by atoms with Gasteiger partial charge in [0.15, 0.2) is 0 Å². The lowest BCUT2D eigenvalue weighted by Crippen LogP contribution is -2.22. The van der Waals surface area contributed by atoms with E-state index in [0.29, 0.717) is 6.42 Å². The lowest BCUT2D eigenvalue weighted by molar-refractivity contribution is 0.0475. The standard InChI is InChI=1S/C15H20N2O/c1-12-5-4-6-13(11-12)15(2,18)9-7-14-8-10-16-17(14)3/h4-6,8,10-11,18H,7,9H2,1-3H3. The van der Waals surface area contributed by atoms with E-state index in [2.05, 4.69) is 5.10 Å². The fourth-order valence-electron chi connectivity index (χ4n) is 2.14. The van der Waals surface area contributed by atoms with Gasteiger partial charge in [-0.2, -0.15) is 5.10 Å². The highest BCUT2D eigenvalue weighted by atomic mass is 16.3. The Labute approximate surface area is 108 Å². The van der Waals surface area contributed by atoms with Crippen molar-refractivity contribution in [2.45, 2.75) is 32.3 Å². The number of benzene rings is 1. The number of aryl methyl sites for hydroxylation is 3. The summed E-state index contributed by atoms with van der Waals surface area (Å²) in [5, 5.41) is 14.7. The molecule has 0 fully saturated rings. The van der Waals surface area contributed by atoms with Crippen LogP contribution in [0, 0.1) is 6.92 Å². The molecule has 1 N–H and O–H groups in total. The topological polar surface area (TPSA) is 38.1 Å². The third kappa shape index (κ3) is 2.79. The van der Waals surface area contributed by atoms with Crippen molar-refractivity contribution in [2.24, 2.45) is 7.05 Å². The smallest absolute Gasteiger partial charge is 0.0872 e. The zero-order chi connectivity index (χ0) is 13.2. The molecule has 0 aliphatic heterocycles. The molecule has 96 valence electrons. The predicted molar refractivity (Wildman–Crippen MR) is 72.3 cm³/mol. The van der Waals surface area contributed by atoms with Gasteiger partial charge in [0.2, 0.25) is 0 Å². The molecule has 0 saturated heterocycles. The van der Waals surface area contributed by atoms with Crippen molar-refractivity contribution in [1.29, 1.82) is 0 Å². The van der Waals surface area contributed by atoms with Gasteiger partial charge < -0.3 is 5.11 Å². The molecular weight excluding hydrogens is 224 g/mol. The molecule has 3 nitrogen and oxygen atoms in total. The van der Waals surface area contributed by atoms with Crippen LogP contribution in [-0.2, 0) is 19.1 Å². The second-order valence-electron chi connectivity index (χ2n) is 5.09. The number of aliphatic hydroxyl groups is 1. The molecule has 2 rings (SSSR count). The predicted octanol–water partition coefficient (Wildman–Crippen LogP) is 2.57. The normalized spacial score (nSPS) is 14.4. The van der Waals surface area contributed by atoms with E-state index in [1.165, 1.54) is 5.56 Å². The third-order valence-corrected chi connectivity index (χ3v) is 3.43. The summed E-state index contributed by atoms with van der Waals surface area (Å²) in [6.07, 6.45) is 3.30. The van der Waals surface area contributed by atoms with E-state index in [1.54, 1.807) is 6.20 Å². The van der Waals surface area contributed by atoms with Crippen LogP contribution in [0.1, 0.15) is 30.2 Å². The minimum atomic E-state index is -0.795. The van der Waals surface area contributed by atoms with Crippen LogP contribution in [0.15, 0.2) is 36.5 Å². The second kappa shape index (κ2) is 4.94. The Balaban J connectivity index is 2.10. The summed E-state index contributed by atoms with van der Waals surface area (Å²) in [4.78, 5) is 0. The Hall–Kier alpha value is -1.61. The maximum Gasteiger partial charge on any atom is 0.0872 e. The Morgan fingerprint density at radius 1 is 1.33 bits per heavy atom. The van der Waals surface area contributed by atoms with Crippen molar-refractivity contribution >= 4 is 0 Å². The number of hydrogen-bond acceptors (Lipinski definition) is 2. The fraction of sp³-hybridized carbons (Fsp3) is 0.400. The van der Waals surface area contributed by atoms with E-state index in [-0.39, 0.29) is 0 Å². The highest BCUT2D eigenvalue weighted by Gasteiger charge is 2.23. The van der Waals surface area contributed by atoms with Crippen molar-refractivity contribution in [1.82, 2.24) is 9.78 Å². The van der Waals surface area contributed by atoms with E-state index < -0.39 is 5.60 Å². The molecule has 0 spiro atoms. The van der Waals surface area contributed by atoms with Gasteiger partial charge >= 0.3 is 0 Å². The maximum atomic E-state index is 10.6. The summed E-state index contributed by atoms with van der Waals surface area (Å²) in [5.74, 6) is 0. The molecule has 0 radical (unpaired) electrons. The van der Waals surface area contributed by atoms with Crippen molar-refractivity contribution in [3.63, 3.8) is 0 Å². The molecular formula is C15H20N2O. The van der Waals surface area contributed by atoms with Gasteiger partial charge in [-0.05, 0) is 38.3 Å². The summed E-state index contributed by atoms with van der Waals surface area (Å²) in [5.41, 5.74) is 2.50. The summed E-state index contributed by atoms with van der Waals surface area (Å²) in [7, 11) is 1.93. The summed E-state index contributed by atoms with van der Waals surface area (Å²) in [6.45, 7) is 3.92. The molecule has 1 heterocycles. The molecule has 18 heavy (non-hydrogen) atoms. The Bertz CT molecular complexity index is 529. The minimum Gasteiger partial charge on any atom is -0.385 e. The molecule has 0 aliphatic carbocycles. The molecule has 2 aromatic rings. The first-order valence-electron chi connectivity index (χ1n) is 6.25. The van der Waals surface area contributed by atoms with Gasteiger partial charge in [0.05, 0.1) is 5.60 Å². The van der Waals surface area contributed by atoms with Crippen LogP contribution in [0.4, 0.5) is 0 Å². The van der Waals surface area contributed by atoms with Gasteiger partial charge in [0.1, 0.15) is 0 Å². The molecule has 1 aromatic heterocycles. The van der Waals surface area contributed by atoms with Crippen LogP contribution in [0.5, 0.6) is 0 Å². The quantitative estimate of drug-likeness (QED) is 0.897. The first-order valence-corrected chi connectivity index (χ1v) is 6.25. The van der Waals surface area contributed by atoms with Crippen LogP contribution < -0.4 is 0 Å². The van der Waals surface area contributed by atoms with Crippen LogP contribution >= 0.6 is 0 Å². The van der Waals surface area contributed by atoms with Gasteiger partial charge in [-0.1, -0.05) is 29.8 Å². The molecule has 1 aromatic carbocycles. The zero-order valence-electron chi connectivity index (χ0n) is 11.2. The van der Waals surface area contributed by atoms with Gasteiger partial charge in [0, 0.05) is 18.9 Å². The molecule has 3 heteroatoms. The van der Waals surface area contributed by atoms with Crippen molar-refractivity contribution < 1.29 is 5.11 Å². The summed E-state index contributed by atoms with van der Waals surface area (Å²) >= 11 is 0. The maximum absolute atomic E-state index is 10.6. The van der Waals surface area contributed by atoms with Gasteiger partial charge in [-0.15, -0.1) is 0 Å².